The largest absolute Gasteiger partial charge is 0.478 e. The third-order valence-corrected chi connectivity index (χ3v) is 4.45. The van der Waals surface area contributed by atoms with Gasteiger partial charge in [0, 0.05) is 28.1 Å². The number of nitro groups is 1. The molecule has 0 atom stereocenters. The van der Waals surface area contributed by atoms with E-state index in [9.17, 15) is 14.9 Å². The fourth-order valence-corrected chi connectivity index (χ4v) is 3.12. The van der Waals surface area contributed by atoms with Crippen LogP contribution < -0.4 is 0 Å². The normalized spacial score (nSPS) is 10.5. The van der Waals surface area contributed by atoms with Crippen LogP contribution in [0, 0.1) is 17.0 Å². The minimum absolute atomic E-state index is 0.0509. The van der Waals surface area contributed by atoms with E-state index in [1.54, 1.807) is 42.6 Å². The van der Waals surface area contributed by atoms with Gasteiger partial charge in [-0.1, -0.05) is 24.3 Å². The second-order valence-electron chi connectivity index (χ2n) is 5.18. The van der Waals surface area contributed by atoms with Crippen molar-refractivity contribution in [1.29, 1.82) is 0 Å². The van der Waals surface area contributed by atoms with Gasteiger partial charge in [-0.3, -0.25) is 10.1 Å². The van der Waals surface area contributed by atoms with E-state index in [0.29, 0.717) is 27.4 Å². The Balaban J connectivity index is 2.00. The van der Waals surface area contributed by atoms with Crippen LogP contribution in [0.15, 0.2) is 47.8 Å². The highest BCUT2D eigenvalue weighted by Crippen LogP contribution is 2.31. The molecular weight excluding hydrogens is 328 g/mol. The Hall–Kier alpha value is -3.06. The Kier molecular flexibility index (Phi) is 4.09. The van der Waals surface area contributed by atoms with Crippen LogP contribution in [0.4, 0.5) is 5.69 Å². The molecule has 0 bridgehead atoms. The summed E-state index contributed by atoms with van der Waals surface area (Å²) in [4.78, 5) is 26.2. The number of nitro benzene ring substituents is 1. The zero-order chi connectivity index (χ0) is 17.3. The molecule has 0 spiro atoms. The smallest absolute Gasteiger partial charge is 0.335 e. The van der Waals surface area contributed by atoms with Crippen LogP contribution in [0.5, 0.6) is 0 Å². The minimum atomic E-state index is -0.997. The predicted octanol–water partition coefficient (Wildman–Crippen LogP) is 4.39. The molecule has 0 aliphatic heterocycles. The van der Waals surface area contributed by atoms with E-state index in [1.165, 1.54) is 23.5 Å². The van der Waals surface area contributed by atoms with Crippen molar-refractivity contribution >= 4 is 23.0 Å². The summed E-state index contributed by atoms with van der Waals surface area (Å²) in [5.41, 5.74) is 2.81. The highest BCUT2D eigenvalue weighted by atomic mass is 32.1. The highest BCUT2D eigenvalue weighted by Gasteiger charge is 2.14. The molecule has 0 aliphatic rings. The van der Waals surface area contributed by atoms with Gasteiger partial charge in [0.05, 0.1) is 16.2 Å². The van der Waals surface area contributed by atoms with Crippen molar-refractivity contribution in [2.75, 3.05) is 0 Å². The number of aromatic nitrogens is 1. The van der Waals surface area contributed by atoms with Gasteiger partial charge in [-0.15, -0.1) is 11.3 Å². The van der Waals surface area contributed by atoms with E-state index < -0.39 is 10.9 Å². The number of aromatic carboxylic acids is 1. The van der Waals surface area contributed by atoms with Crippen LogP contribution in [0.25, 0.3) is 21.8 Å². The molecular formula is C17H12N2O4S. The number of benzene rings is 2. The molecule has 0 radical (unpaired) electrons. The molecule has 0 aliphatic carbocycles. The molecule has 3 aromatic rings. The maximum Gasteiger partial charge on any atom is 0.335 e. The first-order chi connectivity index (χ1) is 11.5. The van der Waals surface area contributed by atoms with Gasteiger partial charge in [0.15, 0.2) is 0 Å². The zero-order valence-corrected chi connectivity index (χ0v) is 13.4. The van der Waals surface area contributed by atoms with Gasteiger partial charge >= 0.3 is 5.97 Å². The molecule has 0 amide bonds. The molecule has 24 heavy (non-hydrogen) atoms. The van der Waals surface area contributed by atoms with Crippen molar-refractivity contribution in [2.45, 2.75) is 6.92 Å². The first-order valence-electron chi connectivity index (χ1n) is 7.00. The molecule has 0 fully saturated rings. The lowest BCUT2D eigenvalue weighted by Gasteiger charge is -2.01. The quantitative estimate of drug-likeness (QED) is 0.561. The topological polar surface area (TPSA) is 93.3 Å². The molecule has 2 aromatic carbocycles. The number of thiazole rings is 1. The van der Waals surface area contributed by atoms with Gasteiger partial charge in [-0.25, -0.2) is 9.78 Å². The molecule has 120 valence electrons. The monoisotopic (exact) mass is 340 g/mol. The molecule has 3 rings (SSSR count). The fourth-order valence-electron chi connectivity index (χ4n) is 2.29. The number of carboxylic acid groups (broad SMARTS) is 1. The van der Waals surface area contributed by atoms with E-state index in [4.69, 9.17) is 5.11 Å². The number of carbonyl (C=O) groups is 1. The summed E-state index contributed by atoms with van der Waals surface area (Å²) in [7, 11) is 0. The average molecular weight is 340 g/mol. The second kappa shape index (κ2) is 6.21. The summed E-state index contributed by atoms with van der Waals surface area (Å²) in [6, 6.07) is 11.5. The predicted molar refractivity (Wildman–Crippen MR) is 91.3 cm³/mol. The Labute approximate surface area is 141 Å². The zero-order valence-electron chi connectivity index (χ0n) is 12.6. The van der Waals surface area contributed by atoms with Gasteiger partial charge in [0.25, 0.3) is 5.69 Å². The number of carboxylic acids is 1. The second-order valence-corrected chi connectivity index (χ2v) is 6.04. The minimum Gasteiger partial charge on any atom is -0.478 e. The van der Waals surface area contributed by atoms with Crippen molar-refractivity contribution in [3.63, 3.8) is 0 Å². The maximum atomic E-state index is 11.1. The molecule has 7 heteroatoms. The lowest BCUT2D eigenvalue weighted by molar-refractivity contribution is -0.385. The van der Waals surface area contributed by atoms with E-state index in [0.717, 1.165) is 0 Å². The number of rotatable bonds is 4. The summed E-state index contributed by atoms with van der Waals surface area (Å²) in [6.07, 6.45) is 0. The van der Waals surface area contributed by atoms with Gasteiger partial charge in [0.2, 0.25) is 0 Å². The van der Waals surface area contributed by atoms with Crippen molar-refractivity contribution in [2.24, 2.45) is 0 Å². The van der Waals surface area contributed by atoms with Gasteiger partial charge in [-0.2, -0.15) is 0 Å². The van der Waals surface area contributed by atoms with E-state index in [1.807, 2.05) is 0 Å². The molecule has 1 N–H and O–H groups in total. The van der Waals surface area contributed by atoms with Gasteiger partial charge in [0.1, 0.15) is 5.01 Å². The number of hydrogen-bond acceptors (Lipinski definition) is 5. The lowest BCUT2D eigenvalue weighted by atomic mass is 10.1. The molecule has 6 nitrogen and oxygen atoms in total. The van der Waals surface area contributed by atoms with E-state index in [2.05, 4.69) is 4.98 Å². The molecule has 1 aromatic heterocycles. The van der Waals surface area contributed by atoms with Crippen molar-refractivity contribution < 1.29 is 14.8 Å². The van der Waals surface area contributed by atoms with Gasteiger partial charge in [-0.05, 0) is 19.1 Å². The van der Waals surface area contributed by atoms with E-state index in [-0.39, 0.29) is 11.3 Å². The third-order valence-electron chi connectivity index (χ3n) is 3.56. The Morgan fingerprint density at radius 3 is 2.71 bits per heavy atom. The molecule has 1 heterocycles. The average Bonchev–Trinajstić information content (AvgIpc) is 3.05. The summed E-state index contributed by atoms with van der Waals surface area (Å²) in [6.45, 7) is 1.69. The van der Waals surface area contributed by atoms with Crippen LogP contribution in [0.3, 0.4) is 0 Å². The number of aryl methyl sites for hydroxylation is 1. The first-order valence-corrected chi connectivity index (χ1v) is 7.88. The van der Waals surface area contributed by atoms with Crippen molar-refractivity contribution in [3.8, 4) is 21.8 Å². The SMILES string of the molecule is Cc1ccc(-c2csc(-c3cccc(C(=O)O)c3)n2)cc1[N+](=O)[O-]. The number of hydrogen-bond donors (Lipinski definition) is 1. The Bertz CT molecular complexity index is 949. The molecule has 0 saturated carbocycles. The third kappa shape index (κ3) is 3.02. The van der Waals surface area contributed by atoms with E-state index >= 15 is 0 Å². The first kappa shape index (κ1) is 15.8. The highest BCUT2D eigenvalue weighted by molar-refractivity contribution is 7.13. The van der Waals surface area contributed by atoms with Crippen molar-refractivity contribution in [3.05, 3.63) is 69.1 Å². The van der Waals surface area contributed by atoms with Crippen LogP contribution >= 0.6 is 11.3 Å². The number of nitrogens with zero attached hydrogens (tertiary/aromatic N) is 2. The van der Waals surface area contributed by atoms with Gasteiger partial charge < -0.3 is 5.11 Å². The fraction of sp³-hybridized carbons (Fsp3) is 0.0588. The summed E-state index contributed by atoms with van der Waals surface area (Å²) >= 11 is 1.36. The Morgan fingerprint density at radius 1 is 1.21 bits per heavy atom. The van der Waals surface area contributed by atoms with Crippen LogP contribution in [-0.4, -0.2) is 21.0 Å². The Morgan fingerprint density at radius 2 is 2.00 bits per heavy atom. The van der Waals surface area contributed by atoms with Crippen molar-refractivity contribution in [1.82, 2.24) is 4.98 Å². The maximum absolute atomic E-state index is 11.1. The lowest BCUT2D eigenvalue weighted by Crippen LogP contribution is -1.95. The summed E-state index contributed by atoms with van der Waals surface area (Å²) in [5.74, 6) is -0.997. The molecule has 0 saturated heterocycles. The summed E-state index contributed by atoms with van der Waals surface area (Å²) in [5, 5.41) is 22.6. The van der Waals surface area contributed by atoms with Crippen LogP contribution in [0.1, 0.15) is 15.9 Å². The summed E-state index contributed by atoms with van der Waals surface area (Å²) < 4.78 is 0. The van der Waals surface area contributed by atoms with Crippen LogP contribution in [-0.2, 0) is 0 Å². The standard InChI is InChI=1S/C17H12N2O4S/c1-10-5-6-11(8-15(10)19(22)23)14-9-24-16(18-14)12-3-2-4-13(7-12)17(20)21/h2-9H,1H3,(H,20,21). The molecule has 0 unspecified atom stereocenters. The van der Waals surface area contributed by atoms with Crippen LogP contribution in [0.2, 0.25) is 0 Å².